The smallest absolute Gasteiger partial charge is 0.225 e. The van der Waals surface area contributed by atoms with Crippen LogP contribution >= 0.6 is 0 Å². The standard InChI is InChI=1S/C11H19N5/c1-8-6-16(7-10(8)15(2)3)11-13-4-9(12)5-14-11/h4-5,8,10H,6-7,12H2,1-3H3. The van der Waals surface area contributed by atoms with E-state index in [4.69, 9.17) is 5.73 Å². The fourth-order valence-electron chi connectivity index (χ4n) is 2.28. The molecule has 16 heavy (non-hydrogen) atoms. The third kappa shape index (κ3) is 2.09. The highest BCUT2D eigenvalue weighted by molar-refractivity contribution is 5.39. The van der Waals surface area contributed by atoms with Gasteiger partial charge in [-0.1, -0.05) is 6.92 Å². The zero-order chi connectivity index (χ0) is 11.7. The first kappa shape index (κ1) is 11.1. The van der Waals surface area contributed by atoms with Gasteiger partial charge in [0.1, 0.15) is 0 Å². The fraction of sp³-hybridized carbons (Fsp3) is 0.636. The molecule has 0 saturated carbocycles. The van der Waals surface area contributed by atoms with Crippen LogP contribution in [0.5, 0.6) is 0 Å². The monoisotopic (exact) mass is 221 g/mol. The Labute approximate surface area is 96.3 Å². The Balaban J connectivity index is 2.10. The molecule has 0 amide bonds. The number of nitrogens with zero attached hydrogens (tertiary/aromatic N) is 4. The first-order chi connectivity index (χ1) is 7.58. The predicted octanol–water partition coefficient (Wildman–Crippen LogP) is 0.445. The van der Waals surface area contributed by atoms with Gasteiger partial charge in [-0.15, -0.1) is 0 Å². The van der Waals surface area contributed by atoms with Gasteiger partial charge in [-0.2, -0.15) is 0 Å². The molecule has 1 saturated heterocycles. The maximum absolute atomic E-state index is 5.58. The molecule has 0 bridgehead atoms. The summed E-state index contributed by atoms with van der Waals surface area (Å²) in [5.74, 6) is 1.42. The second kappa shape index (κ2) is 4.25. The summed E-state index contributed by atoms with van der Waals surface area (Å²) >= 11 is 0. The number of rotatable bonds is 2. The summed E-state index contributed by atoms with van der Waals surface area (Å²) in [6, 6.07) is 0.571. The second-order valence-electron chi connectivity index (χ2n) is 4.73. The Morgan fingerprint density at radius 1 is 1.31 bits per heavy atom. The van der Waals surface area contributed by atoms with Crippen molar-refractivity contribution in [2.45, 2.75) is 13.0 Å². The van der Waals surface area contributed by atoms with Gasteiger partial charge in [-0.3, -0.25) is 0 Å². The van der Waals surface area contributed by atoms with Gasteiger partial charge in [0.05, 0.1) is 18.1 Å². The van der Waals surface area contributed by atoms with Gasteiger partial charge in [0.2, 0.25) is 5.95 Å². The lowest BCUT2D eigenvalue weighted by Crippen LogP contribution is -2.34. The number of nitrogens with two attached hydrogens (primary N) is 1. The normalized spacial score (nSPS) is 25.4. The molecule has 2 unspecified atom stereocenters. The van der Waals surface area contributed by atoms with Crippen molar-refractivity contribution in [3.8, 4) is 0 Å². The summed E-state index contributed by atoms with van der Waals surface area (Å²) in [6.07, 6.45) is 3.33. The molecule has 1 aliphatic rings. The summed E-state index contributed by atoms with van der Waals surface area (Å²) < 4.78 is 0. The number of hydrogen-bond donors (Lipinski definition) is 1. The topological polar surface area (TPSA) is 58.3 Å². The highest BCUT2D eigenvalue weighted by atomic mass is 15.3. The molecule has 1 aliphatic heterocycles. The number of hydrogen-bond acceptors (Lipinski definition) is 5. The number of likely N-dealkylation sites (N-methyl/N-ethyl adjacent to an activating group) is 1. The Bertz CT molecular complexity index is 348. The van der Waals surface area contributed by atoms with Crippen LogP contribution in [0.3, 0.4) is 0 Å². The third-order valence-corrected chi connectivity index (χ3v) is 3.18. The molecule has 88 valence electrons. The van der Waals surface area contributed by atoms with Crippen molar-refractivity contribution in [3.05, 3.63) is 12.4 Å². The zero-order valence-electron chi connectivity index (χ0n) is 10.1. The Morgan fingerprint density at radius 3 is 2.44 bits per heavy atom. The maximum Gasteiger partial charge on any atom is 0.225 e. The molecular weight excluding hydrogens is 202 g/mol. The molecule has 2 rings (SSSR count). The second-order valence-corrected chi connectivity index (χ2v) is 4.73. The Morgan fingerprint density at radius 2 is 1.94 bits per heavy atom. The Hall–Kier alpha value is -1.36. The molecule has 5 heteroatoms. The summed E-state index contributed by atoms with van der Waals surface area (Å²) in [6.45, 7) is 4.26. The van der Waals surface area contributed by atoms with Gasteiger partial charge in [0, 0.05) is 19.1 Å². The van der Waals surface area contributed by atoms with Crippen molar-refractivity contribution in [3.63, 3.8) is 0 Å². The largest absolute Gasteiger partial charge is 0.396 e. The third-order valence-electron chi connectivity index (χ3n) is 3.18. The van der Waals surface area contributed by atoms with Crippen LogP contribution in [0.4, 0.5) is 11.6 Å². The molecule has 0 aliphatic carbocycles. The van der Waals surface area contributed by atoms with E-state index in [9.17, 15) is 0 Å². The van der Waals surface area contributed by atoms with E-state index in [2.05, 4.69) is 40.8 Å². The number of anilines is 2. The molecule has 0 spiro atoms. The van der Waals surface area contributed by atoms with Gasteiger partial charge in [0.25, 0.3) is 0 Å². The molecule has 5 nitrogen and oxygen atoms in total. The maximum atomic E-state index is 5.58. The zero-order valence-corrected chi connectivity index (χ0v) is 10.1. The van der Waals surface area contributed by atoms with Crippen molar-refractivity contribution in [2.24, 2.45) is 5.92 Å². The van der Waals surface area contributed by atoms with E-state index >= 15 is 0 Å². The molecule has 0 aromatic carbocycles. The Kier molecular flexibility index (Phi) is 2.96. The van der Waals surface area contributed by atoms with E-state index in [0.717, 1.165) is 19.0 Å². The lowest BCUT2D eigenvalue weighted by Gasteiger charge is -2.22. The van der Waals surface area contributed by atoms with Crippen LogP contribution in [0.25, 0.3) is 0 Å². The molecule has 1 aromatic heterocycles. The van der Waals surface area contributed by atoms with E-state index in [-0.39, 0.29) is 0 Å². The number of aromatic nitrogens is 2. The van der Waals surface area contributed by atoms with Crippen LogP contribution in [0, 0.1) is 5.92 Å². The highest BCUT2D eigenvalue weighted by Gasteiger charge is 2.32. The molecule has 0 radical (unpaired) electrons. The minimum Gasteiger partial charge on any atom is -0.396 e. The van der Waals surface area contributed by atoms with Gasteiger partial charge in [-0.05, 0) is 20.0 Å². The SMILES string of the molecule is CC1CN(c2ncc(N)cn2)CC1N(C)C. The van der Waals surface area contributed by atoms with Crippen molar-refractivity contribution in [2.75, 3.05) is 37.8 Å². The van der Waals surface area contributed by atoms with Gasteiger partial charge in [-0.25, -0.2) is 9.97 Å². The summed E-state index contributed by atoms with van der Waals surface area (Å²) in [4.78, 5) is 13.0. The van der Waals surface area contributed by atoms with Gasteiger partial charge in [0.15, 0.2) is 0 Å². The van der Waals surface area contributed by atoms with Gasteiger partial charge < -0.3 is 15.5 Å². The van der Waals surface area contributed by atoms with Crippen molar-refractivity contribution >= 4 is 11.6 Å². The minimum atomic E-state index is 0.571. The molecule has 1 fully saturated rings. The summed E-state index contributed by atoms with van der Waals surface area (Å²) in [5.41, 5.74) is 6.19. The first-order valence-electron chi connectivity index (χ1n) is 5.57. The van der Waals surface area contributed by atoms with E-state index in [1.165, 1.54) is 0 Å². The quantitative estimate of drug-likeness (QED) is 0.785. The van der Waals surface area contributed by atoms with Crippen LogP contribution in [0.15, 0.2) is 12.4 Å². The average molecular weight is 221 g/mol. The molecule has 1 aromatic rings. The number of nitrogen functional groups attached to an aromatic ring is 1. The van der Waals surface area contributed by atoms with E-state index in [1.807, 2.05) is 0 Å². The molecular formula is C11H19N5. The highest BCUT2D eigenvalue weighted by Crippen LogP contribution is 2.23. The fourth-order valence-corrected chi connectivity index (χ4v) is 2.28. The molecule has 2 N–H and O–H groups in total. The predicted molar refractivity (Wildman–Crippen MR) is 65.3 cm³/mol. The van der Waals surface area contributed by atoms with Crippen molar-refractivity contribution < 1.29 is 0 Å². The summed E-state index contributed by atoms with van der Waals surface area (Å²) in [7, 11) is 4.24. The molecule has 2 atom stereocenters. The lowest BCUT2D eigenvalue weighted by atomic mass is 10.1. The van der Waals surface area contributed by atoms with Gasteiger partial charge >= 0.3 is 0 Å². The van der Waals surface area contributed by atoms with Crippen LogP contribution in [-0.2, 0) is 0 Å². The lowest BCUT2D eigenvalue weighted by molar-refractivity contribution is 0.266. The van der Waals surface area contributed by atoms with E-state index < -0.39 is 0 Å². The van der Waals surface area contributed by atoms with Crippen LogP contribution in [0.1, 0.15) is 6.92 Å². The average Bonchev–Trinajstić information content (AvgIpc) is 2.61. The van der Waals surface area contributed by atoms with Crippen molar-refractivity contribution in [1.29, 1.82) is 0 Å². The summed E-state index contributed by atoms with van der Waals surface area (Å²) in [5, 5.41) is 0. The van der Waals surface area contributed by atoms with Crippen LogP contribution in [0.2, 0.25) is 0 Å². The molecule has 2 heterocycles. The van der Waals surface area contributed by atoms with Crippen molar-refractivity contribution in [1.82, 2.24) is 14.9 Å². The minimum absolute atomic E-state index is 0.571. The van der Waals surface area contributed by atoms with Crippen LogP contribution < -0.4 is 10.6 Å². The van der Waals surface area contributed by atoms with E-state index in [0.29, 0.717) is 17.6 Å². The first-order valence-corrected chi connectivity index (χ1v) is 5.57. The van der Waals surface area contributed by atoms with Crippen LogP contribution in [-0.4, -0.2) is 48.1 Å². The van der Waals surface area contributed by atoms with E-state index in [1.54, 1.807) is 12.4 Å².